The minimum absolute atomic E-state index is 1.09. The Morgan fingerprint density at radius 3 is 1.61 bits per heavy atom. The van der Waals surface area contributed by atoms with Crippen LogP contribution in [0.25, 0.3) is 71.6 Å². The first-order chi connectivity index (χ1) is 26.8. The van der Waals surface area contributed by atoms with Gasteiger partial charge in [-0.3, -0.25) is 0 Å². The Balaban J connectivity index is 1.23. The highest BCUT2D eigenvalue weighted by Gasteiger charge is 2.20. The van der Waals surface area contributed by atoms with Crippen LogP contribution in [-0.2, 0) is 0 Å². The third kappa shape index (κ3) is 5.53. The summed E-state index contributed by atoms with van der Waals surface area (Å²) in [4.78, 5) is 2.44. The topological polar surface area (TPSA) is 8.17 Å². The van der Waals surface area contributed by atoms with Gasteiger partial charge in [0.05, 0.1) is 16.7 Å². The minimum atomic E-state index is 1.09. The summed E-state index contributed by atoms with van der Waals surface area (Å²) in [5, 5.41) is 4.90. The Labute approximate surface area is 315 Å². The highest BCUT2D eigenvalue weighted by molar-refractivity contribution is 6.16. The molecule has 0 N–H and O–H groups in total. The highest BCUT2D eigenvalue weighted by atomic mass is 15.1. The third-order valence-electron chi connectivity index (χ3n) is 10.5. The van der Waals surface area contributed by atoms with Gasteiger partial charge >= 0.3 is 0 Å². The number of benzene rings is 9. The lowest BCUT2D eigenvalue weighted by Gasteiger charge is -2.28. The van der Waals surface area contributed by atoms with Crippen LogP contribution in [-0.4, -0.2) is 4.57 Å². The van der Waals surface area contributed by atoms with E-state index in [0.29, 0.717) is 0 Å². The average Bonchev–Trinajstić information content (AvgIpc) is 3.59. The number of rotatable bonds is 7. The molecule has 0 unspecified atom stereocenters. The molecular formula is C52H36N2. The van der Waals surface area contributed by atoms with Crippen molar-refractivity contribution < 1.29 is 0 Å². The van der Waals surface area contributed by atoms with Gasteiger partial charge in [0.25, 0.3) is 0 Å². The van der Waals surface area contributed by atoms with Gasteiger partial charge in [-0.1, -0.05) is 158 Å². The lowest BCUT2D eigenvalue weighted by atomic mass is 9.96. The summed E-state index contributed by atoms with van der Waals surface area (Å²) in [5.41, 5.74) is 14.0. The van der Waals surface area contributed by atoms with Crippen molar-refractivity contribution in [2.45, 2.75) is 0 Å². The van der Waals surface area contributed by atoms with Crippen LogP contribution in [0.1, 0.15) is 0 Å². The number of para-hydroxylation sites is 2. The van der Waals surface area contributed by atoms with E-state index < -0.39 is 0 Å². The highest BCUT2D eigenvalue weighted by Crippen LogP contribution is 2.44. The SMILES string of the molecule is c1ccc(-c2cc(-c3ccccc3)cc(N(c3cccc(-c4cccc5c4c4ccccc4n5-c4ccccc4)c3)c3cccc4ccccc34)c2)cc1. The Hall–Kier alpha value is -7.16. The van der Waals surface area contributed by atoms with Crippen LogP contribution in [0.5, 0.6) is 0 Å². The van der Waals surface area contributed by atoms with E-state index in [2.05, 4.69) is 228 Å². The van der Waals surface area contributed by atoms with E-state index in [4.69, 9.17) is 0 Å². The monoisotopic (exact) mass is 688 g/mol. The quantitative estimate of drug-likeness (QED) is 0.162. The average molecular weight is 689 g/mol. The van der Waals surface area contributed by atoms with Crippen molar-refractivity contribution in [1.82, 2.24) is 4.57 Å². The van der Waals surface area contributed by atoms with E-state index >= 15 is 0 Å². The van der Waals surface area contributed by atoms with Gasteiger partial charge in [0.2, 0.25) is 0 Å². The van der Waals surface area contributed by atoms with Gasteiger partial charge in [-0.15, -0.1) is 0 Å². The first-order valence-electron chi connectivity index (χ1n) is 18.5. The molecule has 0 saturated carbocycles. The molecule has 10 rings (SSSR count). The fraction of sp³-hybridized carbons (Fsp3) is 0. The fourth-order valence-corrected chi connectivity index (χ4v) is 8.09. The molecule has 0 fully saturated rings. The van der Waals surface area contributed by atoms with Crippen molar-refractivity contribution in [3.8, 4) is 39.1 Å². The molecule has 0 aliphatic heterocycles. The smallest absolute Gasteiger partial charge is 0.0547 e. The Morgan fingerprint density at radius 1 is 0.333 bits per heavy atom. The van der Waals surface area contributed by atoms with Gasteiger partial charge in [0.15, 0.2) is 0 Å². The Kier molecular flexibility index (Phi) is 7.85. The normalized spacial score (nSPS) is 11.3. The summed E-state index contributed by atoms with van der Waals surface area (Å²) in [7, 11) is 0. The number of hydrogen-bond acceptors (Lipinski definition) is 1. The van der Waals surface area contributed by atoms with E-state index in [1.807, 2.05) is 0 Å². The van der Waals surface area contributed by atoms with Crippen LogP contribution in [0.4, 0.5) is 17.1 Å². The van der Waals surface area contributed by atoms with Gasteiger partial charge in [-0.2, -0.15) is 0 Å². The number of hydrogen-bond donors (Lipinski definition) is 0. The molecule has 9 aromatic carbocycles. The molecule has 2 nitrogen and oxygen atoms in total. The molecule has 54 heavy (non-hydrogen) atoms. The summed E-state index contributed by atoms with van der Waals surface area (Å²) < 4.78 is 2.39. The van der Waals surface area contributed by atoms with Crippen molar-refractivity contribution in [3.63, 3.8) is 0 Å². The molecule has 1 heterocycles. The summed E-state index contributed by atoms with van der Waals surface area (Å²) in [5.74, 6) is 0. The van der Waals surface area contributed by atoms with E-state index in [1.165, 1.54) is 66.0 Å². The maximum Gasteiger partial charge on any atom is 0.0547 e. The predicted molar refractivity (Wildman–Crippen MR) is 229 cm³/mol. The van der Waals surface area contributed by atoms with E-state index in [-0.39, 0.29) is 0 Å². The molecule has 0 spiro atoms. The molecule has 0 amide bonds. The standard InChI is InChI=1S/C52H36N2/c1-4-17-37(18-5-1)41-33-42(38-19-6-2-7-20-38)36-45(35-41)53(49-31-15-22-39-21-10-11-27-46(39)49)44-26-14-23-40(34-44)47-29-16-32-51-52(47)48-28-12-13-30-50(48)54(51)43-24-8-3-9-25-43/h1-36H. The van der Waals surface area contributed by atoms with Gasteiger partial charge in [0.1, 0.15) is 0 Å². The molecule has 254 valence electrons. The molecule has 2 heteroatoms. The minimum Gasteiger partial charge on any atom is -0.310 e. The summed E-state index contributed by atoms with van der Waals surface area (Å²) in [6, 6.07) is 79.0. The van der Waals surface area contributed by atoms with Crippen LogP contribution in [0.2, 0.25) is 0 Å². The first kappa shape index (κ1) is 31.6. The number of anilines is 3. The van der Waals surface area contributed by atoms with Crippen molar-refractivity contribution >= 4 is 49.6 Å². The van der Waals surface area contributed by atoms with Crippen molar-refractivity contribution in [2.24, 2.45) is 0 Å². The molecule has 0 atom stereocenters. The zero-order valence-electron chi connectivity index (χ0n) is 29.7. The van der Waals surface area contributed by atoms with Crippen LogP contribution < -0.4 is 4.90 Å². The van der Waals surface area contributed by atoms with Gasteiger partial charge < -0.3 is 9.47 Å². The fourth-order valence-electron chi connectivity index (χ4n) is 8.09. The van der Waals surface area contributed by atoms with Crippen molar-refractivity contribution in [1.29, 1.82) is 0 Å². The number of aromatic nitrogens is 1. The lowest BCUT2D eigenvalue weighted by Crippen LogP contribution is -2.11. The van der Waals surface area contributed by atoms with Gasteiger partial charge in [-0.05, 0) is 99.4 Å². The van der Waals surface area contributed by atoms with Crippen LogP contribution in [0.3, 0.4) is 0 Å². The number of nitrogens with zero attached hydrogens (tertiary/aromatic N) is 2. The zero-order valence-corrected chi connectivity index (χ0v) is 29.7. The van der Waals surface area contributed by atoms with E-state index in [9.17, 15) is 0 Å². The third-order valence-corrected chi connectivity index (χ3v) is 10.5. The first-order valence-corrected chi connectivity index (χ1v) is 18.5. The van der Waals surface area contributed by atoms with Gasteiger partial charge in [-0.25, -0.2) is 0 Å². The summed E-state index contributed by atoms with van der Waals surface area (Å²) >= 11 is 0. The van der Waals surface area contributed by atoms with Crippen molar-refractivity contribution in [3.05, 3.63) is 218 Å². The van der Waals surface area contributed by atoms with Gasteiger partial charge in [0, 0.05) is 33.2 Å². The Bertz CT molecular complexity index is 2860. The molecule has 1 aromatic heterocycles. The molecule has 10 aromatic rings. The summed E-state index contributed by atoms with van der Waals surface area (Å²) in [6.45, 7) is 0. The molecule has 0 aliphatic carbocycles. The second-order valence-electron chi connectivity index (χ2n) is 13.8. The molecular weight excluding hydrogens is 653 g/mol. The van der Waals surface area contributed by atoms with Crippen LogP contribution in [0.15, 0.2) is 218 Å². The van der Waals surface area contributed by atoms with E-state index in [0.717, 1.165) is 22.7 Å². The van der Waals surface area contributed by atoms with Crippen molar-refractivity contribution in [2.75, 3.05) is 4.90 Å². The molecule has 0 aliphatic rings. The molecule has 0 saturated heterocycles. The second kappa shape index (κ2) is 13.4. The summed E-state index contributed by atoms with van der Waals surface area (Å²) in [6.07, 6.45) is 0. The van der Waals surface area contributed by atoms with Crippen LogP contribution in [0, 0.1) is 0 Å². The Morgan fingerprint density at radius 2 is 0.870 bits per heavy atom. The van der Waals surface area contributed by atoms with Crippen LogP contribution >= 0.6 is 0 Å². The van der Waals surface area contributed by atoms with E-state index in [1.54, 1.807) is 0 Å². The lowest BCUT2D eigenvalue weighted by molar-refractivity contribution is 1.18. The maximum absolute atomic E-state index is 2.44. The largest absolute Gasteiger partial charge is 0.310 e. The molecule has 0 radical (unpaired) electrons. The predicted octanol–water partition coefficient (Wildman–Crippen LogP) is 14.4. The maximum atomic E-state index is 2.44. The zero-order chi connectivity index (χ0) is 35.8. The second-order valence-corrected chi connectivity index (χ2v) is 13.8. The number of fused-ring (bicyclic) bond motifs is 4. The molecule has 0 bridgehead atoms.